The molecule has 0 unspecified atom stereocenters. The number of thioether (sulfide) groups is 1. The lowest BCUT2D eigenvalue weighted by molar-refractivity contribution is 0.414. The SMILES string of the molecule is COc1cccc(CSc2ccccc2Cl)c1. The van der Waals surface area contributed by atoms with Crippen LogP contribution in [-0.4, -0.2) is 7.11 Å². The van der Waals surface area contributed by atoms with Crippen LogP contribution in [0.3, 0.4) is 0 Å². The summed E-state index contributed by atoms with van der Waals surface area (Å²) in [5.74, 6) is 1.78. The molecule has 0 N–H and O–H groups in total. The van der Waals surface area contributed by atoms with Gasteiger partial charge in [-0.3, -0.25) is 0 Å². The average molecular weight is 265 g/mol. The van der Waals surface area contributed by atoms with Crippen LogP contribution < -0.4 is 4.74 Å². The third kappa shape index (κ3) is 3.42. The zero-order valence-electron chi connectivity index (χ0n) is 9.52. The summed E-state index contributed by atoms with van der Waals surface area (Å²) >= 11 is 7.84. The fourth-order valence-corrected chi connectivity index (χ4v) is 2.67. The molecule has 0 aliphatic rings. The van der Waals surface area contributed by atoms with E-state index in [9.17, 15) is 0 Å². The van der Waals surface area contributed by atoms with Gasteiger partial charge in [-0.2, -0.15) is 0 Å². The first-order valence-corrected chi connectivity index (χ1v) is 6.66. The number of hydrogen-bond acceptors (Lipinski definition) is 2. The molecule has 2 aromatic rings. The lowest BCUT2D eigenvalue weighted by Crippen LogP contribution is -1.85. The Bertz CT molecular complexity index is 499. The zero-order chi connectivity index (χ0) is 12.1. The molecule has 2 aromatic carbocycles. The van der Waals surface area contributed by atoms with Crippen molar-refractivity contribution in [2.45, 2.75) is 10.6 Å². The van der Waals surface area contributed by atoms with Crippen molar-refractivity contribution >= 4 is 23.4 Å². The maximum Gasteiger partial charge on any atom is 0.119 e. The molecule has 0 amide bonds. The van der Waals surface area contributed by atoms with Crippen LogP contribution in [0.5, 0.6) is 5.75 Å². The van der Waals surface area contributed by atoms with E-state index >= 15 is 0 Å². The summed E-state index contributed by atoms with van der Waals surface area (Å²) < 4.78 is 5.20. The normalized spacial score (nSPS) is 10.2. The second kappa shape index (κ2) is 5.99. The lowest BCUT2D eigenvalue weighted by Gasteiger charge is -2.05. The Morgan fingerprint density at radius 3 is 2.71 bits per heavy atom. The van der Waals surface area contributed by atoms with Crippen molar-refractivity contribution in [2.75, 3.05) is 7.11 Å². The second-order valence-electron chi connectivity index (χ2n) is 3.57. The molecule has 0 atom stereocenters. The highest BCUT2D eigenvalue weighted by atomic mass is 35.5. The summed E-state index contributed by atoms with van der Waals surface area (Å²) in [6.07, 6.45) is 0. The molecule has 0 aromatic heterocycles. The molecule has 0 saturated heterocycles. The van der Waals surface area contributed by atoms with Crippen LogP contribution in [0.4, 0.5) is 0 Å². The van der Waals surface area contributed by atoms with E-state index in [2.05, 4.69) is 6.07 Å². The topological polar surface area (TPSA) is 9.23 Å². The number of hydrogen-bond donors (Lipinski definition) is 0. The number of ether oxygens (including phenoxy) is 1. The molecule has 2 rings (SSSR count). The van der Waals surface area contributed by atoms with Crippen molar-refractivity contribution in [3.8, 4) is 5.75 Å². The quantitative estimate of drug-likeness (QED) is 0.744. The predicted octanol–water partition coefficient (Wildman–Crippen LogP) is 4.64. The van der Waals surface area contributed by atoms with Gasteiger partial charge in [0.15, 0.2) is 0 Å². The molecule has 0 fully saturated rings. The highest BCUT2D eigenvalue weighted by Crippen LogP contribution is 2.29. The van der Waals surface area contributed by atoms with Crippen LogP contribution >= 0.6 is 23.4 Å². The van der Waals surface area contributed by atoms with Crippen molar-refractivity contribution < 1.29 is 4.74 Å². The van der Waals surface area contributed by atoms with Gasteiger partial charge < -0.3 is 4.74 Å². The van der Waals surface area contributed by atoms with E-state index in [1.807, 2.05) is 42.5 Å². The van der Waals surface area contributed by atoms with E-state index in [1.54, 1.807) is 18.9 Å². The maximum absolute atomic E-state index is 6.10. The highest BCUT2D eigenvalue weighted by Gasteiger charge is 2.01. The molecular formula is C14H13ClOS. The van der Waals surface area contributed by atoms with E-state index < -0.39 is 0 Å². The summed E-state index contributed by atoms with van der Waals surface area (Å²) in [6.45, 7) is 0. The van der Waals surface area contributed by atoms with E-state index in [1.165, 1.54) is 5.56 Å². The summed E-state index contributed by atoms with van der Waals surface area (Å²) in [5, 5.41) is 0.806. The lowest BCUT2D eigenvalue weighted by atomic mass is 10.2. The van der Waals surface area contributed by atoms with Gasteiger partial charge in [-0.1, -0.05) is 35.9 Å². The Morgan fingerprint density at radius 1 is 1.12 bits per heavy atom. The summed E-state index contributed by atoms with van der Waals surface area (Å²) in [4.78, 5) is 1.11. The largest absolute Gasteiger partial charge is 0.497 e. The molecule has 0 aliphatic carbocycles. The Kier molecular flexibility index (Phi) is 4.35. The fraction of sp³-hybridized carbons (Fsp3) is 0.143. The van der Waals surface area contributed by atoms with E-state index in [4.69, 9.17) is 16.3 Å². The van der Waals surface area contributed by atoms with Crippen LogP contribution in [0.1, 0.15) is 5.56 Å². The van der Waals surface area contributed by atoms with Crippen LogP contribution in [0.2, 0.25) is 5.02 Å². The molecule has 88 valence electrons. The molecule has 0 spiro atoms. The molecule has 0 saturated carbocycles. The fourth-order valence-electron chi connectivity index (χ4n) is 1.49. The smallest absolute Gasteiger partial charge is 0.119 e. The van der Waals surface area contributed by atoms with E-state index in [0.29, 0.717) is 0 Å². The van der Waals surface area contributed by atoms with Crippen LogP contribution in [-0.2, 0) is 5.75 Å². The summed E-state index contributed by atoms with van der Waals surface area (Å²) in [6, 6.07) is 16.0. The third-order valence-corrected chi connectivity index (χ3v) is 3.95. The van der Waals surface area contributed by atoms with Gasteiger partial charge in [-0.15, -0.1) is 11.8 Å². The minimum Gasteiger partial charge on any atom is -0.497 e. The Balaban J connectivity index is 2.05. The Labute approximate surface area is 111 Å². The first-order chi connectivity index (χ1) is 8.29. The number of halogens is 1. The van der Waals surface area contributed by atoms with Gasteiger partial charge in [-0.05, 0) is 29.8 Å². The van der Waals surface area contributed by atoms with Gasteiger partial charge in [-0.25, -0.2) is 0 Å². The first-order valence-electron chi connectivity index (χ1n) is 5.30. The van der Waals surface area contributed by atoms with Gasteiger partial charge in [0.2, 0.25) is 0 Å². The average Bonchev–Trinajstić information content (AvgIpc) is 2.38. The number of rotatable bonds is 4. The van der Waals surface area contributed by atoms with Crippen LogP contribution in [0.15, 0.2) is 53.4 Å². The number of methoxy groups -OCH3 is 1. The molecule has 3 heteroatoms. The minimum absolute atomic E-state index is 0.806. The van der Waals surface area contributed by atoms with Crippen molar-refractivity contribution in [3.05, 3.63) is 59.1 Å². The molecule has 17 heavy (non-hydrogen) atoms. The summed E-state index contributed by atoms with van der Waals surface area (Å²) in [5.41, 5.74) is 1.23. The van der Waals surface area contributed by atoms with Gasteiger partial charge in [0, 0.05) is 10.6 Å². The van der Waals surface area contributed by atoms with E-state index in [0.717, 1.165) is 21.4 Å². The molecular weight excluding hydrogens is 252 g/mol. The van der Waals surface area contributed by atoms with Crippen molar-refractivity contribution in [2.24, 2.45) is 0 Å². The second-order valence-corrected chi connectivity index (χ2v) is 5.00. The molecule has 0 bridgehead atoms. The molecule has 0 radical (unpaired) electrons. The summed E-state index contributed by atoms with van der Waals surface area (Å²) in [7, 11) is 1.68. The van der Waals surface area contributed by atoms with Crippen molar-refractivity contribution in [1.29, 1.82) is 0 Å². The van der Waals surface area contributed by atoms with Gasteiger partial charge in [0.25, 0.3) is 0 Å². The van der Waals surface area contributed by atoms with E-state index in [-0.39, 0.29) is 0 Å². The first kappa shape index (κ1) is 12.3. The highest BCUT2D eigenvalue weighted by molar-refractivity contribution is 7.98. The third-order valence-electron chi connectivity index (χ3n) is 2.37. The minimum atomic E-state index is 0.806. The van der Waals surface area contributed by atoms with Gasteiger partial charge in [0.1, 0.15) is 5.75 Å². The molecule has 0 aliphatic heterocycles. The number of benzene rings is 2. The van der Waals surface area contributed by atoms with Crippen molar-refractivity contribution in [3.63, 3.8) is 0 Å². The van der Waals surface area contributed by atoms with Crippen LogP contribution in [0, 0.1) is 0 Å². The Hall–Kier alpha value is -1.12. The standard InChI is InChI=1S/C14H13ClOS/c1-16-12-6-4-5-11(9-12)10-17-14-8-3-2-7-13(14)15/h2-9H,10H2,1H3. The van der Waals surface area contributed by atoms with Crippen molar-refractivity contribution in [1.82, 2.24) is 0 Å². The Morgan fingerprint density at radius 2 is 1.94 bits per heavy atom. The predicted molar refractivity (Wildman–Crippen MR) is 74.0 cm³/mol. The molecule has 0 heterocycles. The molecule has 1 nitrogen and oxygen atoms in total. The van der Waals surface area contributed by atoms with Gasteiger partial charge >= 0.3 is 0 Å². The van der Waals surface area contributed by atoms with Crippen LogP contribution in [0.25, 0.3) is 0 Å². The maximum atomic E-state index is 6.10. The van der Waals surface area contributed by atoms with Gasteiger partial charge in [0.05, 0.1) is 12.1 Å². The monoisotopic (exact) mass is 264 g/mol. The zero-order valence-corrected chi connectivity index (χ0v) is 11.1.